The van der Waals surface area contributed by atoms with Crippen molar-refractivity contribution in [2.45, 2.75) is 0 Å². The first-order valence-electron chi connectivity index (χ1n) is 4.60. The van der Waals surface area contributed by atoms with Gasteiger partial charge in [0.25, 0.3) is 0 Å². The molecule has 0 fully saturated rings. The number of nitrogens with zero attached hydrogens (tertiary/aromatic N) is 4. The van der Waals surface area contributed by atoms with Gasteiger partial charge in [-0.3, -0.25) is 0 Å². The predicted octanol–water partition coefficient (Wildman–Crippen LogP) is 0.488. The second kappa shape index (κ2) is 4.74. The molecule has 0 radical (unpaired) electrons. The van der Waals surface area contributed by atoms with Crippen molar-refractivity contribution in [1.82, 2.24) is 20.2 Å². The highest BCUT2D eigenvalue weighted by Crippen LogP contribution is 2.17. The number of carbonyl (C=O) groups excluding carboxylic acids is 1. The van der Waals surface area contributed by atoms with Crippen LogP contribution in [-0.4, -0.2) is 33.3 Å². The van der Waals surface area contributed by atoms with E-state index in [1.54, 1.807) is 6.08 Å². The van der Waals surface area contributed by atoms with Gasteiger partial charge in [0, 0.05) is 4.88 Å². The van der Waals surface area contributed by atoms with Crippen LogP contribution in [0.3, 0.4) is 0 Å². The number of nitrogen functional groups attached to an aromatic ring is 1. The van der Waals surface area contributed by atoms with Gasteiger partial charge < -0.3 is 10.5 Å². The third kappa shape index (κ3) is 2.31. The first-order valence-corrected chi connectivity index (χ1v) is 5.48. The minimum absolute atomic E-state index is 0.0261. The first kappa shape index (κ1) is 11.3. The normalized spacial score (nSPS) is 11.5. The van der Waals surface area contributed by atoms with E-state index >= 15 is 0 Å². The van der Waals surface area contributed by atoms with Crippen molar-refractivity contribution in [3.63, 3.8) is 0 Å². The Morgan fingerprint density at radius 3 is 3.00 bits per heavy atom. The Balaban J connectivity index is 2.46. The molecule has 0 atom stereocenters. The van der Waals surface area contributed by atoms with Gasteiger partial charge in [-0.2, -0.15) is 4.68 Å². The lowest BCUT2D eigenvalue weighted by molar-refractivity contribution is -0.134. The van der Waals surface area contributed by atoms with Crippen molar-refractivity contribution in [2.24, 2.45) is 0 Å². The molecule has 0 aromatic carbocycles. The molecule has 0 amide bonds. The summed E-state index contributed by atoms with van der Waals surface area (Å²) in [7, 11) is 1.28. The van der Waals surface area contributed by atoms with E-state index in [2.05, 4.69) is 20.3 Å². The van der Waals surface area contributed by atoms with E-state index < -0.39 is 5.97 Å². The molecular formula is C9H9N5O2S. The summed E-state index contributed by atoms with van der Waals surface area (Å²) >= 11 is 1.48. The van der Waals surface area contributed by atoms with Crippen LogP contribution in [0.1, 0.15) is 4.88 Å². The number of anilines is 1. The molecule has 88 valence electrons. The first-order chi connectivity index (χ1) is 8.22. The Bertz CT molecular complexity index is 545. The number of esters is 1. The standard InChI is InChI=1S/C9H9N5O2S/c1-16-8(15)7(5-6-3-2-4-17-6)14-9(10)11-12-13-14/h2-5H,1H3,(H2,10,11,13)/b7-5-. The van der Waals surface area contributed by atoms with Crippen LogP contribution in [0, 0.1) is 0 Å². The highest BCUT2D eigenvalue weighted by molar-refractivity contribution is 7.10. The van der Waals surface area contributed by atoms with Gasteiger partial charge >= 0.3 is 5.97 Å². The van der Waals surface area contributed by atoms with Crippen LogP contribution in [0.4, 0.5) is 5.95 Å². The van der Waals surface area contributed by atoms with Gasteiger partial charge in [0.05, 0.1) is 7.11 Å². The Hall–Kier alpha value is -2.22. The average Bonchev–Trinajstić information content (AvgIpc) is 2.96. The number of carbonyl (C=O) groups is 1. The Labute approximate surface area is 100 Å². The van der Waals surface area contributed by atoms with Crippen LogP contribution in [-0.2, 0) is 9.53 Å². The molecule has 0 aliphatic rings. The molecule has 0 saturated carbocycles. The number of thiophene rings is 1. The van der Waals surface area contributed by atoms with Crippen molar-refractivity contribution in [3.8, 4) is 0 Å². The molecule has 0 bridgehead atoms. The smallest absolute Gasteiger partial charge is 0.356 e. The van der Waals surface area contributed by atoms with Crippen molar-refractivity contribution in [2.75, 3.05) is 12.8 Å². The molecule has 0 spiro atoms. The third-order valence-electron chi connectivity index (χ3n) is 1.94. The predicted molar refractivity (Wildman–Crippen MR) is 62.7 cm³/mol. The van der Waals surface area contributed by atoms with Crippen molar-refractivity contribution in [1.29, 1.82) is 0 Å². The molecular weight excluding hydrogens is 242 g/mol. The van der Waals surface area contributed by atoms with Crippen molar-refractivity contribution >= 4 is 35.0 Å². The number of rotatable bonds is 3. The summed E-state index contributed by atoms with van der Waals surface area (Å²) in [5.74, 6) is -0.532. The summed E-state index contributed by atoms with van der Waals surface area (Å²) in [6, 6.07) is 3.72. The van der Waals surface area contributed by atoms with Gasteiger partial charge in [-0.1, -0.05) is 11.2 Å². The van der Waals surface area contributed by atoms with Crippen molar-refractivity contribution in [3.05, 3.63) is 22.4 Å². The monoisotopic (exact) mass is 251 g/mol. The highest BCUT2D eigenvalue weighted by Gasteiger charge is 2.17. The zero-order valence-corrected chi connectivity index (χ0v) is 9.72. The fraction of sp³-hybridized carbons (Fsp3) is 0.111. The molecule has 2 rings (SSSR count). The second-order valence-corrected chi connectivity index (χ2v) is 3.96. The Morgan fingerprint density at radius 2 is 2.47 bits per heavy atom. The topological polar surface area (TPSA) is 95.9 Å². The molecule has 2 aromatic heterocycles. The number of hydrogen-bond acceptors (Lipinski definition) is 7. The highest BCUT2D eigenvalue weighted by atomic mass is 32.1. The van der Waals surface area contributed by atoms with Crippen LogP contribution < -0.4 is 5.73 Å². The lowest BCUT2D eigenvalue weighted by Gasteiger charge is -2.04. The van der Waals surface area contributed by atoms with E-state index in [1.165, 1.54) is 18.4 Å². The van der Waals surface area contributed by atoms with Gasteiger partial charge in [0.15, 0.2) is 5.70 Å². The summed E-state index contributed by atoms with van der Waals surface area (Å²) in [6.45, 7) is 0. The SMILES string of the molecule is COC(=O)/C(=C/c1cccs1)n1nnnc1N. The lowest BCUT2D eigenvalue weighted by Crippen LogP contribution is -2.14. The molecule has 0 saturated heterocycles. The van der Waals surface area contributed by atoms with E-state index in [0.717, 1.165) is 9.56 Å². The van der Waals surface area contributed by atoms with E-state index in [4.69, 9.17) is 5.73 Å². The molecule has 2 aromatic rings. The summed E-state index contributed by atoms with van der Waals surface area (Å²) in [5, 5.41) is 12.4. The fourth-order valence-electron chi connectivity index (χ4n) is 1.18. The molecule has 7 nitrogen and oxygen atoms in total. The molecule has 0 aliphatic carbocycles. The number of ether oxygens (including phenoxy) is 1. The maximum Gasteiger partial charge on any atom is 0.356 e. The third-order valence-corrected chi connectivity index (χ3v) is 2.76. The van der Waals surface area contributed by atoms with Crippen LogP contribution in [0.5, 0.6) is 0 Å². The summed E-state index contributed by atoms with van der Waals surface area (Å²) < 4.78 is 5.80. The van der Waals surface area contributed by atoms with Crippen molar-refractivity contribution < 1.29 is 9.53 Å². The van der Waals surface area contributed by atoms with Crippen LogP contribution in [0.25, 0.3) is 11.8 Å². The molecule has 2 N–H and O–H groups in total. The summed E-state index contributed by atoms with van der Waals surface area (Å²) in [4.78, 5) is 12.5. The lowest BCUT2D eigenvalue weighted by atomic mass is 10.3. The van der Waals surface area contributed by atoms with Crippen LogP contribution in [0.2, 0.25) is 0 Å². The van der Waals surface area contributed by atoms with Gasteiger partial charge in [0.2, 0.25) is 5.95 Å². The quantitative estimate of drug-likeness (QED) is 0.630. The van der Waals surface area contributed by atoms with E-state index in [-0.39, 0.29) is 11.6 Å². The Morgan fingerprint density at radius 1 is 1.65 bits per heavy atom. The van der Waals surface area contributed by atoms with E-state index in [1.807, 2.05) is 17.5 Å². The maximum absolute atomic E-state index is 11.6. The zero-order valence-electron chi connectivity index (χ0n) is 8.90. The molecule has 8 heteroatoms. The van der Waals surface area contributed by atoms with Crippen LogP contribution in [0.15, 0.2) is 17.5 Å². The van der Waals surface area contributed by atoms with Gasteiger partial charge in [-0.15, -0.1) is 11.3 Å². The number of hydrogen-bond donors (Lipinski definition) is 1. The molecule has 0 aliphatic heterocycles. The van der Waals surface area contributed by atoms with Gasteiger partial charge in [-0.05, 0) is 27.9 Å². The molecule has 0 unspecified atom stereocenters. The zero-order chi connectivity index (χ0) is 12.3. The molecule has 17 heavy (non-hydrogen) atoms. The summed E-state index contributed by atoms with van der Waals surface area (Å²) in [5.41, 5.74) is 5.71. The van der Waals surface area contributed by atoms with Gasteiger partial charge in [-0.25, -0.2) is 4.79 Å². The number of aromatic nitrogens is 4. The minimum atomic E-state index is -0.558. The van der Waals surface area contributed by atoms with Crippen LogP contribution >= 0.6 is 11.3 Å². The summed E-state index contributed by atoms with van der Waals surface area (Å²) in [6.07, 6.45) is 1.61. The number of tetrazole rings is 1. The number of nitrogens with two attached hydrogens (primary N) is 1. The second-order valence-electron chi connectivity index (χ2n) is 2.99. The van der Waals surface area contributed by atoms with E-state index in [9.17, 15) is 4.79 Å². The van der Waals surface area contributed by atoms with E-state index in [0.29, 0.717) is 0 Å². The Kier molecular flexibility index (Phi) is 3.15. The fourth-order valence-corrected chi connectivity index (χ4v) is 1.84. The average molecular weight is 251 g/mol. The largest absolute Gasteiger partial charge is 0.464 e. The van der Waals surface area contributed by atoms with Gasteiger partial charge in [0.1, 0.15) is 0 Å². The molecule has 2 heterocycles. The number of methoxy groups -OCH3 is 1. The minimum Gasteiger partial charge on any atom is -0.464 e. The maximum atomic E-state index is 11.6.